The van der Waals surface area contributed by atoms with Crippen LogP contribution in [0.25, 0.3) is 11.1 Å². The summed E-state index contributed by atoms with van der Waals surface area (Å²) in [5.41, 5.74) is -7.80. The Balaban J connectivity index is 1.31. The standard InChI is InChI=1S/C24H20F6O6S2/c25-23(26,27)37(31,32)35-21-11-15-5-7-17(21)9-19(15)13-1-2-14(4-3-13)20-10-18-8-6-16(20)12-22(18)36-38(33,34)24(28,29)30/h1-4,9-12,15-18H,5-8H2. The molecule has 6 aliphatic rings. The first kappa shape index (κ1) is 26.9. The largest absolute Gasteiger partial charge is 0.534 e. The molecule has 0 aliphatic heterocycles. The van der Waals surface area contributed by atoms with E-state index >= 15 is 0 Å². The zero-order chi connectivity index (χ0) is 27.7. The maximum atomic E-state index is 12.7. The lowest BCUT2D eigenvalue weighted by Crippen LogP contribution is -2.30. The van der Waals surface area contributed by atoms with E-state index in [1.54, 1.807) is 36.4 Å². The third-order valence-corrected chi connectivity index (χ3v) is 9.09. The molecule has 4 bridgehead atoms. The lowest BCUT2D eigenvalue weighted by molar-refractivity contribution is -0.0531. The molecule has 7 rings (SSSR count). The predicted octanol–water partition coefficient (Wildman–Crippen LogP) is 6.03. The van der Waals surface area contributed by atoms with Crippen LogP contribution in [0.4, 0.5) is 26.3 Å². The van der Waals surface area contributed by atoms with Crippen molar-refractivity contribution in [1.29, 1.82) is 0 Å². The number of allylic oxidation sites excluding steroid dienone is 6. The van der Waals surface area contributed by atoms with E-state index in [-0.39, 0.29) is 23.4 Å². The van der Waals surface area contributed by atoms with E-state index in [4.69, 9.17) is 0 Å². The van der Waals surface area contributed by atoms with Crippen molar-refractivity contribution < 1.29 is 51.5 Å². The van der Waals surface area contributed by atoms with Gasteiger partial charge in [-0.05, 0) is 60.1 Å². The van der Waals surface area contributed by atoms with Gasteiger partial charge in [-0.15, -0.1) is 0 Å². The number of fused-ring (bicyclic) bond motifs is 2. The monoisotopic (exact) mass is 582 g/mol. The fourth-order valence-corrected chi connectivity index (χ4v) is 6.37. The second kappa shape index (κ2) is 8.90. The molecule has 6 aliphatic carbocycles. The molecule has 0 amide bonds. The zero-order valence-electron chi connectivity index (χ0n) is 19.3. The molecule has 38 heavy (non-hydrogen) atoms. The van der Waals surface area contributed by atoms with Crippen LogP contribution in [0.3, 0.4) is 0 Å². The predicted molar refractivity (Wildman–Crippen MR) is 123 cm³/mol. The minimum Gasteiger partial charge on any atom is -0.380 e. The molecule has 0 radical (unpaired) electrons. The van der Waals surface area contributed by atoms with Gasteiger partial charge in [0.1, 0.15) is 11.5 Å². The summed E-state index contributed by atoms with van der Waals surface area (Å²) in [7, 11) is -11.5. The number of hydrogen-bond donors (Lipinski definition) is 0. The molecule has 0 saturated carbocycles. The fraction of sp³-hybridized carbons (Fsp3) is 0.417. The quantitative estimate of drug-likeness (QED) is 0.231. The van der Waals surface area contributed by atoms with Crippen LogP contribution < -0.4 is 0 Å². The Morgan fingerprint density at radius 3 is 1.13 bits per heavy atom. The summed E-state index contributed by atoms with van der Waals surface area (Å²) in [5.74, 6) is -2.35. The van der Waals surface area contributed by atoms with Gasteiger partial charge in [0.15, 0.2) is 0 Å². The van der Waals surface area contributed by atoms with Gasteiger partial charge in [-0.2, -0.15) is 43.2 Å². The second-order valence-corrected chi connectivity index (χ2v) is 12.6. The van der Waals surface area contributed by atoms with Gasteiger partial charge in [0, 0.05) is 23.7 Å². The van der Waals surface area contributed by atoms with Crippen molar-refractivity contribution >= 4 is 31.4 Å². The van der Waals surface area contributed by atoms with Crippen molar-refractivity contribution in [2.75, 3.05) is 0 Å². The Kier molecular flexibility index (Phi) is 6.29. The van der Waals surface area contributed by atoms with Gasteiger partial charge in [-0.25, -0.2) is 0 Å². The molecule has 4 atom stereocenters. The average Bonchev–Trinajstić information content (AvgIpc) is 2.83. The number of hydrogen-bond acceptors (Lipinski definition) is 6. The number of benzene rings is 1. The SMILES string of the molecule is O=S(=O)(OC1=CC2CCC1C=C2c1ccc(C2=CC3CCC2C=C3OS(=O)(=O)C(F)(F)F)cc1)C(F)(F)F. The number of alkyl halides is 6. The normalized spacial score (nSPS) is 27.3. The Morgan fingerprint density at radius 1 is 0.553 bits per heavy atom. The summed E-state index contributed by atoms with van der Waals surface area (Å²) in [6, 6.07) is 7.23. The number of halogens is 6. The first-order chi connectivity index (χ1) is 17.6. The van der Waals surface area contributed by atoms with Gasteiger partial charge in [-0.3, -0.25) is 0 Å². The van der Waals surface area contributed by atoms with E-state index < -0.39 is 43.1 Å². The van der Waals surface area contributed by atoms with E-state index in [1.807, 2.05) is 0 Å². The van der Waals surface area contributed by atoms with Crippen LogP contribution in [0.2, 0.25) is 0 Å². The van der Waals surface area contributed by atoms with Gasteiger partial charge < -0.3 is 8.37 Å². The summed E-state index contributed by atoms with van der Waals surface area (Å²) in [4.78, 5) is 0. The molecular weight excluding hydrogens is 562 g/mol. The molecule has 206 valence electrons. The molecule has 1 aromatic carbocycles. The molecular formula is C24H20F6O6S2. The van der Waals surface area contributed by atoms with Crippen LogP contribution in [0, 0.1) is 23.7 Å². The molecule has 0 fully saturated rings. The molecule has 0 aromatic heterocycles. The van der Waals surface area contributed by atoms with Crippen molar-refractivity contribution in [2.24, 2.45) is 23.7 Å². The topological polar surface area (TPSA) is 86.7 Å². The first-order valence-corrected chi connectivity index (χ1v) is 14.4. The Labute approximate surface area is 214 Å². The van der Waals surface area contributed by atoms with E-state index in [9.17, 15) is 43.2 Å². The van der Waals surface area contributed by atoms with Crippen LogP contribution >= 0.6 is 0 Å². The number of rotatable bonds is 6. The van der Waals surface area contributed by atoms with Crippen molar-refractivity contribution in [1.82, 2.24) is 0 Å². The summed E-state index contributed by atoms with van der Waals surface area (Å²) < 4.78 is 131. The van der Waals surface area contributed by atoms with Crippen LogP contribution in [-0.4, -0.2) is 27.9 Å². The van der Waals surface area contributed by atoms with E-state index in [2.05, 4.69) is 8.37 Å². The van der Waals surface area contributed by atoms with E-state index in [0.717, 1.165) is 22.3 Å². The van der Waals surface area contributed by atoms with Gasteiger partial charge in [0.05, 0.1) is 0 Å². The van der Waals surface area contributed by atoms with Crippen molar-refractivity contribution in [3.63, 3.8) is 0 Å². The Bertz CT molecular complexity index is 1370. The van der Waals surface area contributed by atoms with Crippen molar-refractivity contribution in [2.45, 2.75) is 36.7 Å². The maximum absolute atomic E-state index is 12.7. The highest BCUT2D eigenvalue weighted by molar-refractivity contribution is 7.88. The third kappa shape index (κ3) is 4.76. The zero-order valence-corrected chi connectivity index (χ0v) is 20.9. The van der Waals surface area contributed by atoms with E-state index in [1.165, 1.54) is 12.2 Å². The summed E-state index contributed by atoms with van der Waals surface area (Å²) in [6.45, 7) is 0. The highest BCUT2D eigenvalue weighted by atomic mass is 32.2. The molecule has 0 saturated heterocycles. The molecule has 6 nitrogen and oxygen atoms in total. The Hall–Kier alpha value is -2.74. The lowest BCUT2D eigenvalue weighted by atomic mass is 9.72. The van der Waals surface area contributed by atoms with Crippen molar-refractivity contribution in [3.8, 4) is 0 Å². The van der Waals surface area contributed by atoms with Gasteiger partial charge in [-0.1, -0.05) is 36.4 Å². The smallest absolute Gasteiger partial charge is 0.380 e. The third-order valence-electron chi connectivity index (χ3n) is 7.13. The van der Waals surface area contributed by atoms with Crippen molar-refractivity contribution in [3.05, 3.63) is 71.2 Å². The minimum atomic E-state index is -5.75. The fourth-order valence-electron chi connectivity index (χ4n) is 5.32. The molecule has 0 spiro atoms. The minimum absolute atomic E-state index is 0.236. The second-order valence-electron chi connectivity index (χ2n) is 9.51. The molecule has 1 aromatic rings. The molecule has 14 heteroatoms. The average molecular weight is 583 g/mol. The molecule has 4 unspecified atom stereocenters. The van der Waals surface area contributed by atoms with Crippen LogP contribution in [-0.2, 0) is 28.6 Å². The maximum Gasteiger partial charge on any atom is 0.534 e. The van der Waals surface area contributed by atoms with Crippen LogP contribution in [0.1, 0.15) is 36.8 Å². The summed E-state index contributed by atoms with van der Waals surface area (Å²) in [6.07, 6.45) is 8.35. The molecule has 0 N–H and O–H groups in total. The molecule has 0 heterocycles. The van der Waals surface area contributed by atoms with Gasteiger partial charge >= 0.3 is 31.3 Å². The Morgan fingerprint density at radius 2 is 0.868 bits per heavy atom. The highest BCUT2D eigenvalue weighted by Crippen LogP contribution is 2.48. The summed E-state index contributed by atoms with van der Waals surface area (Å²) in [5, 5.41) is 0. The van der Waals surface area contributed by atoms with Crippen LogP contribution in [0.5, 0.6) is 0 Å². The lowest BCUT2D eigenvalue weighted by Gasteiger charge is -2.35. The highest BCUT2D eigenvalue weighted by Gasteiger charge is 2.51. The van der Waals surface area contributed by atoms with E-state index in [0.29, 0.717) is 25.7 Å². The summed E-state index contributed by atoms with van der Waals surface area (Å²) >= 11 is 0. The van der Waals surface area contributed by atoms with Gasteiger partial charge in [0.25, 0.3) is 0 Å². The van der Waals surface area contributed by atoms with Gasteiger partial charge in [0.2, 0.25) is 0 Å². The first-order valence-electron chi connectivity index (χ1n) is 11.5. The van der Waals surface area contributed by atoms with Crippen LogP contribution in [0.15, 0.2) is 60.1 Å².